The van der Waals surface area contributed by atoms with Crippen LogP contribution in [0.1, 0.15) is 54.6 Å². The molecule has 0 bridgehead atoms. The first-order valence-corrected chi connectivity index (χ1v) is 6.98. The van der Waals surface area contributed by atoms with E-state index < -0.39 is 11.7 Å². The topological polar surface area (TPSA) is 43.1 Å². The highest BCUT2D eigenvalue weighted by molar-refractivity contribution is 5.97. The maximum Gasteiger partial charge on any atom is 0.416 e. The molecule has 1 aromatic carbocycles. The lowest BCUT2D eigenvalue weighted by molar-refractivity contribution is -0.137. The molecule has 1 aromatic rings. The van der Waals surface area contributed by atoms with Crippen molar-refractivity contribution < 1.29 is 18.0 Å². The molecule has 2 nitrogen and oxygen atoms in total. The highest BCUT2D eigenvalue weighted by atomic mass is 19.4. The number of alkyl halides is 3. The Labute approximate surface area is 123 Å². The van der Waals surface area contributed by atoms with Crippen LogP contribution in [0, 0.1) is 12.3 Å². The summed E-state index contributed by atoms with van der Waals surface area (Å²) in [4.78, 5) is 12.2. The molecule has 5 heteroatoms. The largest absolute Gasteiger partial charge is 0.416 e. The van der Waals surface area contributed by atoms with Crippen LogP contribution >= 0.6 is 0 Å². The van der Waals surface area contributed by atoms with Crippen molar-refractivity contribution in [2.75, 3.05) is 6.54 Å². The summed E-state index contributed by atoms with van der Waals surface area (Å²) in [5.41, 5.74) is 5.50. The number of hydrogen-bond acceptors (Lipinski definition) is 2. The van der Waals surface area contributed by atoms with Gasteiger partial charge in [0, 0.05) is 12.0 Å². The maximum atomic E-state index is 12.6. The van der Waals surface area contributed by atoms with Gasteiger partial charge in [-0.3, -0.25) is 4.79 Å². The van der Waals surface area contributed by atoms with Gasteiger partial charge in [0.2, 0.25) is 0 Å². The number of benzene rings is 1. The van der Waals surface area contributed by atoms with Crippen LogP contribution in [-0.4, -0.2) is 12.3 Å². The Kier molecular flexibility index (Phi) is 5.56. The summed E-state index contributed by atoms with van der Waals surface area (Å²) in [6, 6.07) is 3.26. The SMILES string of the molecule is Cc1cc(C(F)(F)F)ccc1C(=O)CCC(C)(C)CCN. The number of halogens is 3. The van der Waals surface area contributed by atoms with Gasteiger partial charge >= 0.3 is 6.18 Å². The zero-order valence-corrected chi connectivity index (χ0v) is 12.7. The third kappa shape index (κ3) is 5.16. The Hall–Kier alpha value is -1.36. The van der Waals surface area contributed by atoms with Gasteiger partial charge in [-0.1, -0.05) is 19.9 Å². The molecule has 0 aromatic heterocycles. The zero-order valence-electron chi connectivity index (χ0n) is 12.7. The molecule has 118 valence electrons. The highest BCUT2D eigenvalue weighted by Gasteiger charge is 2.31. The fraction of sp³-hybridized carbons (Fsp3) is 0.562. The quantitative estimate of drug-likeness (QED) is 0.794. The molecule has 0 atom stereocenters. The Morgan fingerprint density at radius 3 is 2.29 bits per heavy atom. The van der Waals surface area contributed by atoms with Crippen molar-refractivity contribution in [1.29, 1.82) is 0 Å². The van der Waals surface area contributed by atoms with E-state index in [1.807, 2.05) is 13.8 Å². The fourth-order valence-corrected chi connectivity index (χ4v) is 2.26. The van der Waals surface area contributed by atoms with Crippen molar-refractivity contribution in [1.82, 2.24) is 0 Å². The van der Waals surface area contributed by atoms with Crippen LogP contribution in [0.4, 0.5) is 13.2 Å². The molecule has 0 amide bonds. The number of carbonyl (C=O) groups excluding carboxylic acids is 1. The van der Waals surface area contributed by atoms with E-state index >= 15 is 0 Å². The second kappa shape index (κ2) is 6.60. The predicted molar refractivity (Wildman–Crippen MR) is 77.2 cm³/mol. The van der Waals surface area contributed by atoms with Crippen molar-refractivity contribution >= 4 is 5.78 Å². The summed E-state index contributed by atoms with van der Waals surface area (Å²) >= 11 is 0. The molecular weight excluding hydrogens is 279 g/mol. The standard InChI is InChI=1S/C16H22F3NO/c1-11-10-12(16(17,18)19)4-5-13(11)14(21)6-7-15(2,3)8-9-20/h4-5,10H,6-9,20H2,1-3H3. The summed E-state index contributed by atoms with van der Waals surface area (Å²) < 4.78 is 37.8. The number of ketones is 1. The Balaban J connectivity index is 2.80. The van der Waals surface area contributed by atoms with E-state index in [2.05, 4.69) is 0 Å². The molecule has 0 fully saturated rings. The minimum Gasteiger partial charge on any atom is -0.330 e. The van der Waals surface area contributed by atoms with Crippen molar-refractivity contribution in [3.05, 3.63) is 34.9 Å². The van der Waals surface area contributed by atoms with Crippen molar-refractivity contribution in [3.63, 3.8) is 0 Å². The van der Waals surface area contributed by atoms with Crippen LogP contribution in [0.25, 0.3) is 0 Å². The number of Topliss-reactive ketones (excluding diaryl/α,β-unsaturated/α-hetero) is 1. The molecule has 0 saturated carbocycles. The van der Waals surface area contributed by atoms with E-state index in [0.717, 1.165) is 18.6 Å². The summed E-state index contributed by atoms with van der Waals surface area (Å²) in [5, 5.41) is 0. The van der Waals surface area contributed by atoms with E-state index in [-0.39, 0.29) is 11.2 Å². The molecule has 0 aliphatic carbocycles. The van der Waals surface area contributed by atoms with Crippen LogP contribution < -0.4 is 5.73 Å². The van der Waals surface area contributed by atoms with Gasteiger partial charge in [0.15, 0.2) is 5.78 Å². The molecule has 2 N–H and O–H groups in total. The second-order valence-corrected chi connectivity index (χ2v) is 6.15. The van der Waals surface area contributed by atoms with Gasteiger partial charge in [0.05, 0.1) is 5.56 Å². The Morgan fingerprint density at radius 2 is 1.81 bits per heavy atom. The second-order valence-electron chi connectivity index (χ2n) is 6.15. The molecule has 0 spiro atoms. The van der Waals surface area contributed by atoms with Gasteiger partial charge in [-0.25, -0.2) is 0 Å². The number of hydrogen-bond donors (Lipinski definition) is 1. The summed E-state index contributed by atoms with van der Waals surface area (Å²) in [6.45, 7) is 6.16. The van der Waals surface area contributed by atoms with Crippen molar-refractivity contribution in [3.8, 4) is 0 Å². The molecule has 1 rings (SSSR count). The lowest BCUT2D eigenvalue weighted by Crippen LogP contribution is -2.18. The summed E-state index contributed by atoms with van der Waals surface area (Å²) in [7, 11) is 0. The van der Waals surface area contributed by atoms with Gasteiger partial charge in [-0.2, -0.15) is 13.2 Å². The van der Waals surface area contributed by atoms with E-state index in [0.29, 0.717) is 30.5 Å². The Bertz CT molecular complexity index is 507. The number of carbonyl (C=O) groups is 1. The molecule has 0 unspecified atom stereocenters. The number of rotatable bonds is 6. The van der Waals surface area contributed by atoms with Crippen LogP contribution in [0.3, 0.4) is 0 Å². The van der Waals surface area contributed by atoms with Crippen LogP contribution in [0.2, 0.25) is 0 Å². The van der Waals surface area contributed by atoms with Crippen molar-refractivity contribution in [2.45, 2.75) is 46.2 Å². The number of aryl methyl sites for hydroxylation is 1. The molecule has 0 saturated heterocycles. The van der Waals surface area contributed by atoms with Crippen molar-refractivity contribution in [2.24, 2.45) is 11.1 Å². The van der Waals surface area contributed by atoms with Gasteiger partial charge < -0.3 is 5.73 Å². The predicted octanol–water partition coefficient (Wildman–Crippen LogP) is 4.35. The molecule has 0 aliphatic rings. The first-order chi connectivity index (χ1) is 9.57. The van der Waals surface area contributed by atoms with Crippen LogP contribution in [0.15, 0.2) is 18.2 Å². The molecule has 0 aliphatic heterocycles. The zero-order chi connectivity index (χ0) is 16.3. The lowest BCUT2D eigenvalue weighted by atomic mass is 9.83. The van der Waals surface area contributed by atoms with Gasteiger partial charge in [-0.05, 0) is 49.4 Å². The molecule has 0 heterocycles. The first kappa shape index (κ1) is 17.7. The minimum absolute atomic E-state index is 0.0375. The summed E-state index contributed by atoms with van der Waals surface area (Å²) in [6.07, 6.45) is -2.58. The smallest absolute Gasteiger partial charge is 0.330 e. The van der Waals surface area contributed by atoms with Gasteiger partial charge in [0.1, 0.15) is 0 Å². The van der Waals surface area contributed by atoms with E-state index in [1.165, 1.54) is 13.0 Å². The molecule has 0 radical (unpaired) electrons. The minimum atomic E-state index is -4.38. The average molecular weight is 301 g/mol. The number of nitrogens with two attached hydrogens (primary N) is 1. The first-order valence-electron chi connectivity index (χ1n) is 6.98. The van der Waals surface area contributed by atoms with Gasteiger partial charge in [-0.15, -0.1) is 0 Å². The van der Waals surface area contributed by atoms with E-state index in [4.69, 9.17) is 5.73 Å². The normalized spacial score (nSPS) is 12.5. The van der Waals surface area contributed by atoms with E-state index in [9.17, 15) is 18.0 Å². The monoisotopic (exact) mass is 301 g/mol. The van der Waals surface area contributed by atoms with Gasteiger partial charge in [0.25, 0.3) is 0 Å². The highest BCUT2D eigenvalue weighted by Crippen LogP contribution is 2.31. The van der Waals surface area contributed by atoms with E-state index in [1.54, 1.807) is 0 Å². The maximum absolute atomic E-state index is 12.6. The lowest BCUT2D eigenvalue weighted by Gasteiger charge is -2.23. The molecule has 21 heavy (non-hydrogen) atoms. The average Bonchev–Trinajstić information content (AvgIpc) is 2.35. The third-order valence-corrected chi connectivity index (χ3v) is 3.70. The Morgan fingerprint density at radius 1 is 1.19 bits per heavy atom. The molecular formula is C16H22F3NO. The van der Waals surface area contributed by atoms with Crippen LogP contribution in [-0.2, 0) is 6.18 Å². The van der Waals surface area contributed by atoms with Crippen LogP contribution in [0.5, 0.6) is 0 Å². The summed E-state index contributed by atoms with van der Waals surface area (Å²) in [5.74, 6) is -0.119. The third-order valence-electron chi connectivity index (χ3n) is 3.70. The fourth-order valence-electron chi connectivity index (χ4n) is 2.26.